The van der Waals surface area contributed by atoms with Crippen molar-refractivity contribution in [1.29, 1.82) is 0 Å². The molecule has 28 heavy (non-hydrogen) atoms. The van der Waals surface area contributed by atoms with Gasteiger partial charge in [0.05, 0.1) is 11.0 Å². The lowest BCUT2D eigenvalue weighted by atomic mass is 10.1. The lowest BCUT2D eigenvalue weighted by Gasteiger charge is -2.15. The molecule has 4 aromatic rings. The zero-order chi connectivity index (χ0) is 19.7. The molecule has 5 heteroatoms. The van der Waals surface area contributed by atoms with E-state index in [1.54, 1.807) is 31.2 Å². The number of fused-ring (bicyclic) bond motifs is 2. The number of hydrogen-bond acceptors (Lipinski definition) is 2. The minimum atomic E-state index is -0.288. The third-order valence-electron chi connectivity index (χ3n) is 4.91. The van der Waals surface area contributed by atoms with Crippen molar-refractivity contribution in [3.63, 3.8) is 0 Å². The number of halogens is 1. The average molecular weight is 374 g/mol. The quantitative estimate of drug-likeness (QED) is 0.551. The molecule has 3 aromatic carbocycles. The number of nitrogens with one attached hydrogen (secondary N) is 1. The van der Waals surface area contributed by atoms with Crippen molar-refractivity contribution in [1.82, 2.24) is 9.88 Å². The van der Waals surface area contributed by atoms with Gasteiger partial charge in [-0.15, -0.1) is 0 Å². The highest BCUT2D eigenvalue weighted by Crippen LogP contribution is 2.19. The van der Waals surface area contributed by atoms with E-state index in [0.29, 0.717) is 32.9 Å². The van der Waals surface area contributed by atoms with E-state index in [-0.39, 0.29) is 30.2 Å². The van der Waals surface area contributed by atoms with E-state index < -0.39 is 0 Å². The summed E-state index contributed by atoms with van der Waals surface area (Å²) in [5, 5.41) is 3.99. The molecular formula is C23H19FN2O2. The Labute approximate surface area is 161 Å². The maximum absolute atomic E-state index is 13.7. The number of amides is 1. The number of hydrogen-bond donors (Lipinski definition) is 1. The van der Waals surface area contributed by atoms with Crippen molar-refractivity contribution in [2.45, 2.75) is 20.0 Å². The first-order chi connectivity index (χ1) is 13.5. The number of benzene rings is 3. The van der Waals surface area contributed by atoms with Crippen LogP contribution in [0.15, 0.2) is 71.5 Å². The van der Waals surface area contributed by atoms with Gasteiger partial charge in [0.1, 0.15) is 12.4 Å². The molecule has 1 heterocycles. The monoisotopic (exact) mass is 374 g/mol. The Balaban J connectivity index is 1.66. The summed E-state index contributed by atoms with van der Waals surface area (Å²) in [7, 11) is 0. The molecule has 4 rings (SSSR count). The van der Waals surface area contributed by atoms with Crippen LogP contribution >= 0.6 is 0 Å². The van der Waals surface area contributed by atoms with Gasteiger partial charge >= 0.3 is 0 Å². The molecule has 0 aliphatic rings. The standard InChI is InChI=1S/C23H19FN2O2/c1-15-10-11-16(12-19(15)24)13-25-22(27)14-26-20-8-4-2-6-17(20)23(28)18-7-3-5-9-21(18)26/h2-12H,13-14H2,1H3,(H,25,27). The van der Waals surface area contributed by atoms with Gasteiger partial charge in [0.2, 0.25) is 5.91 Å². The Morgan fingerprint density at radius 3 is 2.18 bits per heavy atom. The summed E-state index contributed by atoms with van der Waals surface area (Å²) in [5.41, 5.74) is 2.65. The van der Waals surface area contributed by atoms with Gasteiger partial charge in [-0.3, -0.25) is 9.59 Å². The van der Waals surface area contributed by atoms with Crippen LogP contribution in [0, 0.1) is 12.7 Å². The van der Waals surface area contributed by atoms with Crippen LogP contribution in [0.2, 0.25) is 0 Å². The molecule has 0 spiro atoms. The predicted molar refractivity (Wildman–Crippen MR) is 109 cm³/mol. The zero-order valence-electron chi connectivity index (χ0n) is 15.4. The second-order valence-corrected chi connectivity index (χ2v) is 6.81. The molecule has 1 aromatic heterocycles. The van der Waals surface area contributed by atoms with E-state index in [2.05, 4.69) is 5.32 Å². The van der Waals surface area contributed by atoms with Crippen LogP contribution in [0.5, 0.6) is 0 Å². The lowest BCUT2D eigenvalue weighted by molar-refractivity contribution is -0.121. The molecule has 0 atom stereocenters. The summed E-state index contributed by atoms with van der Waals surface area (Å²) >= 11 is 0. The number of rotatable bonds is 4. The van der Waals surface area contributed by atoms with E-state index in [1.807, 2.05) is 41.0 Å². The highest BCUT2D eigenvalue weighted by molar-refractivity contribution is 5.94. The molecule has 1 N–H and O–H groups in total. The second kappa shape index (κ2) is 7.27. The van der Waals surface area contributed by atoms with Crippen LogP contribution in [0.25, 0.3) is 21.8 Å². The highest BCUT2D eigenvalue weighted by Gasteiger charge is 2.12. The van der Waals surface area contributed by atoms with Gasteiger partial charge in [-0.1, -0.05) is 36.4 Å². The Morgan fingerprint density at radius 1 is 0.964 bits per heavy atom. The molecule has 4 nitrogen and oxygen atoms in total. The van der Waals surface area contributed by atoms with Crippen molar-refractivity contribution >= 4 is 27.7 Å². The normalized spacial score (nSPS) is 11.1. The van der Waals surface area contributed by atoms with Crippen LogP contribution in [0.4, 0.5) is 4.39 Å². The summed E-state index contributed by atoms with van der Waals surface area (Å²) in [4.78, 5) is 25.4. The van der Waals surface area contributed by atoms with E-state index in [9.17, 15) is 14.0 Å². The number of carbonyl (C=O) groups is 1. The second-order valence-electron chi connectivity index (χ2n) is 6.81. The molecule has 0 saturated carbocycles. The first-order valence-electron chi connectivity index (χ1n) is 9.06. The van der Waals surface area contributed by atoms with Crippen LogP contribution in [0.1, 0.15) is 11.1 Å². The van der Waals surface area contributed by atoms with Gasteiger partial charge in [-0.05, 0) is 48.4 Å². The molecule has 0 fully saturated rings. The van der Waals surface area contributed by atoms with Crippen LogP contribution in [-0.2, 0) is 17.9 Å². The third-order valence-corrected chi connectivity index (χ3v) is 4.91. The van der Waals surface area contributed by atoms with E-state index in [4.69, 9.17) is 0 Å². The van der Waals surface area contributed by atoms with Crippen molar-refractivity contribution in [3.05, 3.63) is 93.9 Å². The Bertz CT molecular complexity index is 1200. The van der Waals surface area contributed by atoms with Crippen molar-refractivity contribution < 1.29 is 9.18 Å². The van der Waals surface area contributed by atoms with Crippen molar-refractivity contribution in [2.24, 2.45) is 0 Å². The third kappa shape index (κ3) is 3.27. The predicted octanol–water partition coefficient (Wildman–Crippen LogP) is 3.92. The lowest BCUT2D eigenvalue weighted by Crippen LogP contribution is -2.28. The summed E-state index contributed by atoms with van der Waals surface area (Å²) < 4.78 is 15.5. The van der Waals surface area contributed by atoms with Crippen LogP contribution in [0.3, 0.4) is 0 Å². The van der Waals surface area contributed by atoms with E-state index in [0.717, 1.165) is 0 Å². The number of aromatic nitrogens is 1. The molecule has 0 radical (unpaired) electrons. The molecule has 0 bridgehead atoms. The van der Waals surface area contributed by atoms with E-state index in [1.165, 1.54) is 6.07 Å². The first kappa shape index (κ1) is 17.9. The van der Waals surface area contributed by atoms with Crippen LogP contribution < -0.4 is 10.7 Å². The fourth-order valence-corrected chi connectivity index (χ4v) is 3.39. The van der Waals surface area contributed by atoms with Gasteiger partial charge in [0.15, 0.2) is 5.43 Å². The maximum atomic E-state index is 13.7. The number of pyridine rings is 1. The smallest absolute Gasteiger partial charge is 0.240 e. The fraction of sp³-hybridized carbons (Fsp3) is 0.130. The summed E-state index contributed by atoms with van der Waals surface area (Å²) in [6.07, 6.45) is 0. The largest absolute Gasteiger partial charge is 0.350 e. The SMILES string of the molecule is Cc1ccc(CNC(=O)Cn2c3ccccc3c(=O)c3ccccc32)cc1F. The summed E-state index contributed by atoms with van der Waals surface area (Å²) in [5.74, 6) is -0.496. The number of nitrogens with zero attached hydrogens (tertiary/aromatic N) is 1. The van der Waals surface area contributed by atoms with Gasteiger partial charge in [-0.2, -0.15) is 0 Å². The molecule has 0 aliphatic carbocycles. The maximum Gasteiger partial charge on any atom is 0.240 e. The van der Waals surface area contributed by atoms with Crippen molar-refractivity contribution in [2.75, 3.05) is 0 Å². The first-order valence-corrected chi connectivity index (χ1v) is 9.06. The molecule has 1 amide bonds. The number of aryl methyl sites for hydroxylation is 1. The Morgan fingerprint density at radius 2 is 1.57 bits per heavy atom. The molecule has 0 saturated heterocycles. The van der Waals surface area contributed by atoms with Gasteiger partial charge in [-0.25, -0.2) is 4.39 Å². The van der Waals surface area contributed by atoms with E-state index >= 15 is 0 Å². The number of carbonyl (C=O) groups excluding carboxylic acids is 1. The van der Waals surface area contributed by atoms with Gasteiger partial charge in [0, 0.05) is 17.3 Å². The molecule has 0 unspecified atom stereocenters. The summed E-state index contributed by atoms with van der Waals surface area (Å²) in [6.45, 7) is 2.01. The average Bonchev–Trinajstić information content (AvgIpc) is 2.72. The molecule has 140 valence electrons. The van der Waals surface area contributed by atoms with Gasteiger partial charge in [0.25, 0.3) is 0 Å². The minimum absolute atomic E-state index is 0.0435. The molecule has 0 aliphatic heterocycles. The zero-order valence-corrected chi connectivity index (χ0v) is 15.4. The number of para-hydroxylation sites is 2. The Hall–Kier alpha value is -3.47. The topological polar surface area (TPSA) is 51.1 Å². The highest BCUT2D eigenvalue weighted by atomic mass is 19.1. The summed E-state index contributed by atoms with van der Waals surface area (Å²) in [6, 6.07) is 19.5. The Kier molecular flexibility index (Phi) is 4.65. The van der Waals surface area contributed by atoms with Crippen LogP contribution in [-0.4, -0.2) is 10.5 Å². The molecular weight excluding hydrogens is 355 g/mol. The fourth-order valence-electron chi connectivity index (χ4n) is 3.39. The van der Waals surface area contributed by atoms with Gasteiger partial charge < -0.3 is 9.88 Å². The van der Waals surface area contributed by atoms with Crippen molar-refractivity contribution in [3.8, 4) is 0 Å². The minimum Gasteiger partial charge on any atom is -0.350 e.